The summed E-state index contributed by atoms with van der Waals surface area (Å²) in [6.07, 6.45) is -0.0632. The zero-order valence-electron chi connectivity index (χ0n) is 18.1. The van der Waals surface area contributed by atoms with E-state index < -0.39 is 22.1 Å². The Morgan fingerprint density at radius 2 is 1.73 bits per heavy atom. The molecule has 0 saturated heterocycles. The van der Waals surface area contributed by atoms with Crippen LogP contribution in [0, 0.1) is 0 Å². The number of hydrogen-bond donors (Lipinski definition) is 3. The van der Waals surface area contributed by atoms with Gasteiger partial charge < -0.3 is 19.7 Å². The first-order chi connectivity index (χ1) is 15.6. The number of aliphatic carboxylic acids is 1. The van der Waals surface area contributed by atoms with Gasteiger partial charge in [-0.3, -0.25) is 0 Å². The first kappa shape index (κ1) is 24.0. The number of methoxy groups -OCH3 is 1. The number of aromatic hydroxyl groups is 1. The molecule has 33 heavy (non-hydrogen) atoms. The molecule has 0 fully saturated rings. The van der Waals surface area contributed by atoms with E-state index in [4.69, 9.17) is 9.47 Å². The SMILES string of the molecule is COc1ccc(CNS(C)(=O)=O)cc1/N=N/c1cc(OC(C)C(=O)O)c2ccccc2c1O. The van der Waals surface area contributed by atoms with E-state index >= 15 is 0 Å². The van der Waals surface area contributed by atoms with Gasteiger partial charge in [0.1, 0.15) is 22.9 Å². The third-order valence-corrected chi connectivity index (χ3v) is 5.33. The van der Waals surface area contributed by atoms with Crippen molar-refractivity contribution in [3.05, 3.63) is 54.1 Å². The largest absolute Gasteiger partial charge is 0.505 e. The van der Waals surface area contributed by atoms with Crippen LogP contribution in [0.5, 0.6) is 17.2 Å². The number of nitrogens with one attached hydrogen (secondary N) is 1. The minimum Gasteiger partial charge on any atom is -0.505 e. The van der Waals surface area contributed by atoms with Crippen LogP contribution in [0.2, 0.25) is 0 Å². The molecular formula is C22H23N3O7S. The van der Waals surface area contributed by atoms with Gasteiger partial charge in [-0.25, -0.2) is 17.9 Å². The summed E-state index contributed by atoms with van der Waals surface area (Å²) in [6, 6.07) is 13.1. The van der Waals surface area contributed by atoms with E-state index in [0.29, 0.717) is 27.8 Å². The Balaban J connectivity index is 2.02. The number of sulfonamides is 1. The summed E-state index contributed by atoms with van der Waals surface area (Å²) in [4.78, 5) is 11.2. The van der Waals surface area contributed by atoms with Crippen molar-refractivity contribution in [1.82, 2.24) is 4.72 Å². The minimum absolute atomic E-state index is 0.0532. The Bertz CT molecular complexity index is 1320. The van der Waals surface area contributed by atoms with E-state index in [9.17, 15) is 23.4 Å². The van der Waals surface area contributed by atoms with Crippen LogP contribution in [0.4, 0.5) is 11.4 Å². The summed E-state index contributed by atoms with van der Waals surface area (Å²) in [5, 5.41) is 29.1. The molecule has 11 heteroatoms. The monoisotopic (exact) mass is 473 g/mol. The maximum absolute atomic E-state index is 11.4. The zero-order valence-corrected chi connectivity index (χ0v) is 19.0. The molecule has 3 N–H and O–H groups in total. The molecular weight excluding hydrogens is 450 g/mol. The molecule has 3 aromatic rings. The zero-order chi connectivity index (χ0) is 24.2. The molecule has 1 unspecified atom stereocenters. The van der Waals surface area contributed by atoms with E-state index in [-0.39, 0.29) is 23.7 Å². The predicted molar refractivity (Wildman–Crippen MR) is 122 cm³/mol. The van der Waals surface area contributed by atoms with Crippen molar-refractivity contribution in [2.75, 3.05) is 13.4 Å². The average Bonchev–Trinajstić information content (AvgIpc) is 2.78. The smallest absolute Gasteiger partial charge is 0.344 e. The highest BCUT2D eigenvalue weighted by atomic mass is 32.2. The number of hydrogen-bond acceptors (Lipinski definition) is 8. The minimum atomic E-state index is -3.38. The van der Waals surface area contributed by atoms with E-state index in [1.165, 1.54) is 20.1 Å². The second-order valence-corrected chi connectivity index (χ2v) is 9.02. The fourth-order valence-electron chi connectivity index (χ4n) is 2.97. The number of benzene rings is 3. The number of rotatable bonds is 9. The summed E-state index contributed by atoms with van der Waals surface area (Å²) in [6.45, 7) is 1.45. The number of ether oxygens (including phenoxy) is 2. The quantitative estimate of drug-likeness (QED) is 0.400. The van der Waals surface area contributed by atoms with E-state index in [1.807, 2.05) is 0 Å². The van der Waals surface area contributed by atoms with Crippen molar-refractivity contribution in [3.63, 3.8) is 0 Å². The summed E-state index contributed by atoms with van der Waals surface area (Å²) in [5.74, 6) is -0.679. The standard InChI is InChI=1S/C22H23N3O7S/c1-13(22(27)28)32-20-11-18(21(26)16-7-5-4-6-15(16)20)25-24-17-10-14(8-9-19(17)31-2)12-23-33(3,29)30/h4-11,13,23,26H,12H2,1-3H3,(H,27,28)/b25-24+. The molecule has 0 bridgehead atoms. The van der Waals surface area contributed by atoms with Crippen LogP contribution < -0.4 is 14.2 Å². The number of azo groups is 1. The van der Waals surface area contributed by atoms with Crippen LogP contribution in [0.25, 0.3) is 10.8 Å². The Morgan fingerprint density at radius 1 is 1.06 bits per heavy atom. The molecule has 0 heterocycles. The van der Waals surface area contributed by atoms with Gasteiger partial charge >= 0.3 is 5.97 Å². The number of fused-ring (bicyclic) bond motifs is 1. The highest BCUT2D eigenvalue weighted by molar-refractivity contribution is 7.88. The van der Waals surface area contributed by atoms with Gasteiger partial charge in [-0.2, -0.15) is 0 Å². The molecule has 0 aliphatic heterocycles. The molecule has 0 spiro atoms. The molecule has 0 amide bonds. The highest BCUT2D eigenvalue weighted by Crippen LogP contribution is 2.42. The van der Waals surface area contributed by atoms with Gasteiger partial charge in [-0.1, -0.05) is 30.3 Å². The summed E-state index contributed by atoms with van der Waals surface area (Å²) >= 11 is 0. The number of carboxylic acid groups (broad SMARTS) is 1. The van der Waals surface area contributed by atoms with Gasteiger partial charge in [0.15, 0.2) is 11.9 Å². The molecule has 3 rings (SSSR count). The van der Waals surface area contributed by atoms with Crippen molar-refractivity contribution in [3.8, 4) is 17.2 Å². The maximum Gasteiger partial charge on any atom is 0.344 e. The molecule has 1 atom stereocenters. The van der Waals surface area contributed by atoms with E-state index in [0.717, 1.165) is 6.26 Å². The van der Waals surface area contributed by atoms with Gasteiger partial charge in [0.2, 0.25) is 10.0 Å². The topological polar surface area (TPSA) is 147 Å². The Hall–Kier alpha value is -3.70. The number of phenols is 1. The van der Waals surface area contributed by atoms with Crippen molar-refractivity contribution in [2.24, 2.45) is 10.2 Å². The van der Waals surface area contributed by atoms with Crippen molar-refractivity contribution in [1.29, 1.82) is 0 Å². The van der Waals surface area contributed by atoms with Crippen molar-refractivity contribution in [2.45, 2.75) is 19.6 Å². The number of nitrogens with zero attached hydrogens (tertiary/aromatic N) is 2. The Morgan fingerprint density at radius 3 is 2.36 bits per heavy atom. The molecule has 0 aliphatic rings. The number of phenolic OH excluding ortho intramolecular Hbond substituents is 1. The molecule has 174 valence electrons. The second kappa shape index (κ2) is 9.84. The number of carbonyl (C=O) groups is 1. The molecule has 0 aromatic heterocycles. The van der Waals surface area contributed by atoms with Crippen LogP contribution in [0.1, 0.15) is 12.5 Å². The molecule has 0 saturated carbocycles. The van der Waals surface area contributed by atoms with Crippen LogP contribution in [-0.4, -0.2) is 44.1 Å². The van der Waals surface area contributed by atoms with Gasteiger partial charge in [0.25, 0.3) is 0 Å². The lowest BCUT2D eigenvalue weighted by Crippen LogP contribution is -2.22. The van der Waals surface area contributed by atoms with Gasteiger partial charge in [-0.05, 0) is 24.6 Å². The first-order valence-electron chi connectivity index (χ1n) is 9.76. The highest BCUT2D eigenvalue weighted by Gasteiger charge is 2.18. The first-order valence-corrected chi connectivity index (χ1v) is 11.7. The van der Waals surface area contributed by atoms with Gasteiger partial charge in [0.05, 0.1) is 13.4 Å². The number of carboxylic acids is 1. The lowest BCUT2D eigenvalue weighted by atomic mass is 10.1. The Labute approximate surface area is 190 Å². The van der Waals surface area contributed by atoms with Crippen LogP contribution in [-0.2, 0) is 21.4 Å². The average molecular weight is 474 g/mol. The molecule has 10 nitrogen and oxygen atoms in total. The summed E-state index contributed by atoms with van der Waals surface area (Å²) < 4.78 is 36.0. The van der Waals surface area contributed by atoms with E-state index in [1.54, 1.807) is 42.5 Å². The summed E-state index contributed by atoms with van der Waals surface area (Å²) in [7, 11) is -1.92. The van der Waals surface area contributed by atoms with Crippen molar-refractivity contribution < 1.29 is 32.9 Å². The lowest BCUT2D eigenvalue weighted by molar-refractivity contribution is -0.144. The van der Waals surface area contributed by atoms with Crippen LogP contribution in [0.3, 0.4) is 0 Å². The fraction of sp³-hybridized carbons (Fsp3) is 0.227. The molecule has 0 aliphatic carbocycles. The lowest BCUT2D eigenvalue weighted by Gasteiger charge is -2.14. The van der Waals surface area contributed by atoms with Crippen LogP contribution in [0.15, 0.2) is 58.8 Å². The Kier molecular flexibility index (Phi) is 7.14. The van der Waals surface area contributed by atoms with Gasteiger partial charge in [-0.15, -0.1) is 10.2 Å². The van der Waals surface area contributed by atoms with E-state index in [2.05, 4.69) is 15.0 Å². The third-order valence-electron chi connectivity index (χ3n) is 4.66. The van der Waals surface area contributed by atoms with Crippen LogP contribution >= 0.6 is 0 Å². The fourth-order valence-corrected chi connectivity index (χ4v) is 3.40. The molecule has 3 aromatic carbocycles. The summed E-state index contributed by atoms with van der Waals surface area (Å²) in [5.41, 5.74) is 0.986. The van der Waals surface area contributed by atoms with Gasteiger partial charge in [0, 0.05) is 23.4 Å². The second-order valence-electron chi connectivity index (χ2n) is 7.19. The maximum atomic E-state index is 11.4. The normalized spacial score (nSPS) is 12.7. The third kappa shape index (κ3) is 5.96. The van der Waals surface area contributed by atoms with Crippen molar-refractivity contribution >= 4 is 38.1 Å². The predicted octanol–water partition coefficient (Wildman–Crippen LogP) is 3.87. The molecule has 0 radical (unpaired) electrons.